The molecule has 2 aromatic carbocycles. The van der Waals surface area contributed by atoms with E-state index in [9.17, 15) is 14.4 Å². The van der Waals surface area contributed by atoms with E-state index in [1.165, 1.54) is 12.1 Å². The molecule has 0 saturated heterocycles. The molecule has 3 aromatic rings. The van der Waals surface area contributed by atoms with Crippen LogP contribution in [0.25, 0.3) is 11.0 Å². The Morgan fingerprint density at radius 1 is 1.07 bits per heavy atom. The summed E-state index contributed by atoms with van der Waals surface area (Å²) < 4.78 is 16.1. The van der Waals surface area contributed by atoms with Gasteiger partial charge >= 0.3 is 11.6 Å². The van der Waals surface area contributed by atoms with Crippen LogP contribution >= 0.6 is 0 Å². The minimum absolute atomic E-state index is 0.0807. The maximum atomic E-state index is 12.2. The molecule has 156 valence electrons. The fourth-order valence-electron chi connectivity index (χ4n) is 2.81. The first-order valence-electron chi connectivity index (χ1n) is 9.52. The molecule has 0 unspecified atom stereocenters. The summed E-state index contributed by atoms with van der Waals surface area (Å²) in [6, 6.07) is 11.7. The normalized spacial score (nSPS) is 10.8. The summed E-state index contributed by atoms with van der Waals surface area (Å²) in [5.41, 5.74) is 1.31. The average Bonchev–Trinajstić information content (AvgIpc) is 2.67. The first kappa shape index (κ1) is 21.1. The van der Waals surface area contributed by atoms with Crippen molar-refractivity contribution < 1.29 is 23.5 Å². The van der Waals surface area contributed by atoms with Crippen molar-refractivity contribution in [1.29, 1.82) is 0 Å². The summed E-state index contributed by atoms with van der Waals surface area (Å²) in [7, 11) is 0. The van der Waals surface area contributed by atoms with E-state index in [4.69, 9.17) is 13.9 Å². The molecule has 3 rings (SSSR count). The lowest BCUT2D eigenvalue weighted by Crippen LogP contribution is -2.33. The van der Waals surface area contributed by atoms with E-state index in [0.29, 0.717) is 11.1 Å². The number of benzene rings is 2. The van der Waals surface area contributed by atoms with Crippen molar-refractivity contribution >= 4 is 22.8 Å². The SMILES string of the molecule is Cc1ccc(C)c(OCC(=O)Oc2ccc3cc(C(=O)NC(C)C)c(=O)oc3c2)c1. The Labute approximate surface area is 173 Å². The number of carbonyl (C=O) groups excluding carboxylic acids is 2. The zero-order valence-electron chi connectivity index (χ0n) is 17.3. The smallest absolute Gasteiger partial charge is 0.349 e. The number of nitrogens with one attached hydrogen (secondary N) is 1. The van der Waals surface area contributed by atoms with Gasteiger partial charge in [0.05, 0.1) is 0 Å². The van der Waals surface area contributed by atoms with Crippen molar-refractivity contribution in [1.82, 2.24) is 5.32 Å². The summed E-state index contributed by atoms with van der Waals surface area (Å²) in [6.45, 7) is 7.16. The largest absolute Gasteiger partial charge is 0.482 e. The van der Waals surface area contributed by atoms with E-state index in [1.807, 2.05) is 32.0 Å². The number of ether oxygens (including phenoxy) is 2. The maximum Gasteiger partial charge on any atom is 0.349 e. The second kappa shape index (κ2) is 8.82. The molecule has 1 aromatic heterocycles. The maximum absolute atomic E-state index is 12.2. The standard InChI is InChI=1S/C23H23NO6/c1-13(2)24-22(26)18-10-16-7-8-17(11-20(16)30-23(18)27)29-21(25)12-28-19-9-14(3)5-6-15(19)4/h5-11,13H,12H2,1-4H3,(H,24,26). The Morgan fingerprint density at radius 2 is 1.83 bits per heavy atom. The Hall–Kier alpha value is -3.61. The van der Waals surface area contributed by atoms with Crippen LogP contribution in [0.4, 0.5) is 0 Å². The topological polar surface area (TPSA) is 94.8 Å². The number of hydrogen-bond donors (Lipinski definition) is 1. The number of fused-ring (bicyclic) bond motifs is 1. The molecule has 1 amide bonds. The first-order valence-corrected chi connectivity index (χ1v) is 9.52. The van der Waals surface area contributed by atoms with E-state index in [1.54, 1.807) is 26.0 Å². The van der Waals surface area contributed by atoms with Crippen molar-refractivity contribution in [2.24, 2.45) is 0 Å². The van der Waals surface area contributed by atoms with Gasteiger partial charge in [0.15, 0.2) is 6.61 Å². The average molecular weight is 409 g/mol. The molecule has 0 radical (unpaired) electrons. The van der Waals surface area contributed by atoms with Crippen molar-refractivity contribution in [2.75, 3.05) is 6.61 Å². The van der Waals surface area contributed by atoms with E-state index < -0.39 is 17.5 Å². The van der Waals surface area contributed by atoms with Gasteiger partial charge in [-0.15, -0.1) is 0 Å². The number of carbonyl (C=O) groups is 2. The van der Waals surface area contributed by atoms with Gasteiger partial charge in [0, 0.05) is 17.5 Å². The Morgan fingerprint density at radius 3 is 2.57 bits per heavy atom. The molecule has 1 heterocycles. The van der Waals surface area contributed by atoms with Gasteiger partial charge in [0.25, 0.3) is 5.91 Å². The molecule has 0 aliphatic carbocycles. The number of hydrogen-bond acceptors (Lipinski definition) is 6. The minimum Gasteiger partial charge on any atom is -0.482 e. The second-order valence-electron chi connectivity index (χ2n) is 7.31. The quantitative estimate of drug-likeness (QED) is 0.380. The third kappa shape index (κ3) is 5.05. The van der Waals surface area contributed by atoms with Gasteiger partial charge in [-0.05, 0) is 63.1 Å². The van der Waals surface area contributed by atoms with Crippen LogP contribution in [-0.4, -0.2) is 24.5 Å². The lowest BCUT2D eigenvalue weighted by molar-refractivity contribution is -0.136. The van der Waals surface area contributed by atoms with Gasteiger partial charge in [-0.1, -0.05) is 12.1 Å². The van der Waals surface area contributed by atoms with E-state index >= 15 is 0 Å². The lowest BCUT2D eigenvalue weighted by atomic mass is 10.1. The highest BCUT2D eigenvalue weighted by atomic mass is 16.6. The summed E-state index contributed by atoms with van der Waals surface area (Å²) in [6.07, 6.45) is 0. The zero-order chi connectivity index (χ0) is 21.8. The summed E-state index contributed by atoms with van der Waals surface area (Å²) in [4.78, 5) is 36.4. The molecule has 0 aliphatic rings. The number of esters is 1. The van der Waals surface area contributed by atoms with Crippen molar-refractivity contribution in [3.05, 3.63) is 69.6 Å². The fourth-order valence-corrected chi connectivity index (χ4v) is 2.81. The third-order valence-corrected chi connectivity index (χ3v) is 4.29. The zero-order valence-corrected chi connectivity index (χ0v) is 17.3. The third-order valence-electron chi connectivity index (χ3n) is 4.29. The van der Waals surface area contributed by atoms with Gasteiger partial charge in [-0.3, -0.25) is 4.79 Å². The van der Waals surface area contributed by atoms with Gasteiger partial charge in [-0.25, -0.2) is 9.59 Å². The summed E-state index contributed by atoms with van der Waals surface area (Å²) in [5.74, 6) is -0.270. The molecule has 0 saturated carbocycles. The van der Waals surface area contributed by atoms with Crippen LogP contribution in [0.3, 0.4) is 0 Å². The Bertz CT molecular complexity index is 1160. The van der Waals surface area contributed by atoms with Crippen molar-refractivity contribution in [2.45, 2.75) is 33.7 Å². The van der Waals surface area contributed by atoms with E-state index in [2.05, 4.69) is 5.32 Å². The summed E-state index contributed by atoms with van der Waals surface area (Å²) >= 11 is 0. The predicted molar refractivity (Wildman–Crippen MR) is 112 cm³/mol. The Kier molecular flexibility index (Phi) is 6.20. The molecular weight excluding hydrogens is 386 g/mol. The first-order chi connectivity index (χ1) is 14.2. The molecule has 7 heteroatoms. The molecule has 30 heavy (non-hydrogen) atoms. The molecule has 0 atom stereocenters. The molecule has 0 spiro atoms. The number of rotatable bonds is 6. The van der Waals surface area contributed by atoms with E-state index in [-0.39, 0.29) is 29.5 Å². The van der Waals surface area contributed by atoms with Crippen LogP contribution in [0.1, 0.15) is 35.3 Å². The molecule has 1 N–H and O–H groups in total. The lowest BCUT2D eigenvalue weighted by Gasteiger charge is -2.10. The number of amides is 1. The van der Waals surface area contributed by atoms with Gasteiger partial charge < -0.3 is 19.2 Å². The predicted octanol–water partition coefficient (Wildman–Crippen LogP) is 3.53. The van der Waals surface area contributed by atoms with Crippen LogP contribution in [0.5, 0.6) is 11.5 Å². The molecular formula is C23H23NO6. The highest BCUT2D eigenvalue weighted by Gasteiger charge is 2.15. The van der Waals surface area contributed by atoms with Crippen LogP contribution in [0.2, 0.25) is 0 Å². The second-order valence-corrected chi connectivity index (χ2v) is 7.31. The molecule has 7 nitrogen and oxygen atoms in total. The van der Waals surface area contributed by atoms with Gasteiger partial charge in [0.1, 0.15) is 22.6 Å². The van der Waals surface area contributed by atoms with Crippen LogP contribution < -0.4 is 20.4 Å². The summed E-state index contributed by atoms with van der Waals surface area (Å²) in [5, 5.41) is 3.19. The highest BCUT2D eigenvalue weighted by molar-refractivity contribution is 5.96. The minimum atomic E-state index is -0.762. The van der Waals surface area contributed by atoms with E-state index in [0.717, 1.165) is 11.1 Å². The Balaban J connectivity index is 1.72. The van der Waals surface area contributed by atoms with Crippen LogP contribution in [-0.2, 0) is 4.79 Å². The molecule has 0 fully saturated rings. The monoisotopic (exact) mass is 409 g/mol. The molecule has 0 bridgehead atoms. The fraction of sp³-hybridized carbons (Fsp3) is 0.261. The highest BCUT2D eigenvalue weighted by Crippen LogP contribution is 2.22. The van der Waals surface area contributed by atoms with Gasteiger partial charge in [0.2, 0.25) is 0 Å². The number of aryl methyl sites for hydroxylation is 2. The van der Waals surface area contributed by atoms with Crippen molar-refractivity contribution in [3.63, 3.8) is 0 Å². The van der Waals surface area contributed by atoms with Crippen molar-refractivity contribution in [3.8, 4) is 11.5 Å². The molecule has 0 aliphatic heterocycles. The van der Waals surface area contributed by atoms with Crippen LogP contribution in [0.15, 0.2) is 51.7 Å². The van der Waals surface area contributed by atoms with Gasteiger partial charge in [-0.2, -0.15) is 0 Å². The van der Waals surface area contributed by atoms with Crippen LogP contribution in [0, 0.1) is 13.8 Å².